The zero-order valence-corrected chi connectivity index (χ0v) is 16.9. The van der Waals surface area contributed by atoms with E-state index in [-0.39, 0.29) is 19.3 Å². The smallest absolute Gasteiger partial charge is 0.308 e. The Hall–Kier alpha value is -1.30. The lowest BCUT2D eigenvalue weighted by molar-refractivity contribution is 0.216. The molecule has 1 saturated heterocycles. The average molecular weight is 393 g/mol. The van der Waals surface area contributed by atoms with Crippen molar-refractivity contribution in [2.75, 3.05) is 13.2 Å². The fourth-order valence-corrected chi connectivity index (χ4v) is 7.12. The van der Waals surface area contributed by atoms with E-state index in [0.717, 1.165) is 11.1 Å². The van der Waals surface area contributed by atoms with Crippen LogP contribution in [0, 0.1) is 6.92 Å². The summed E-state index contributed by atoms with van der Waals surface area (Å²) in [6.07, 6.45) is 0. The first kappa shape index (κ1) is 19.5. The summed E-state index contributed by atoms with van der Waals surface area (Å²) in [6.45, 7) is 6.11. The Morgan fingerprint density at radius 1 is 1.00 bits per heavy atom. The van der Waals surface area contributed by atoms with Crippen molar-refractivity contribution in [1.82, 2.24) is 4.31 Å². The largest absolute Gasteiger partial charge is 0.350 e. The molecule has 7 heteroatoms. The van der Waals surface area contributed by atoms with Gasteiger partial charge in [0.05, 0.1) is 24.2 Å². The summed E-state index contributed by atoms with van der Waals surface area (Å²) in [4.78, 5) is 0.679. The van der Waals surface area contributed by atoms with Crippen LogP contribution in [-0.2, 0) is 24.6 Å². The molecule has 1 aliphatic heterocycles. The molecule has 1 fully saturated rings. The molecule has 1 aliphatic rings. The predicted octanol–water partition coefficient (Wildman–Crippen LogP) is 4.67. The van der Waals surface area contributed by atoms with Gasteiger partial charge >= 0.3 is 7.60 Å². The summed E-state index contributed by atoms with van der Waals surface area (Å²) < 4.78 is 39.3. The van der Waals surface area contributed by atoms with Gasteiger partial charge in [0.2, 0.25) is 0 Å². The summed E-state index contributed by atoms with van der Waals surface area (Å²) >= 11 is 0. The summed E-state index contributed by atoms with van der Waals surface area (Å²) in [5, 5.41) is 0. The van der Waals surface area contributed by atoms with E-state index in [1.165, 1.54) is 0 Å². The molecule has 3 rings (SSSR count). The van der Waals surface area contributed by atoms with Crippen molar-refractivity contribution in [2.24, 2.45) is 0 Å². The van der Waals surface area contributed by atoms with Crippen LogP contribution in [0.3, 0.4) is 0 Å². The summed E-state index contributed by atoms with van der Waals surface area (Å²) in [7, 11) is -4.85. The van der Waals surface area contributed by atoms with Gasteiger partial charge in [0.15, 0.2) is 0 Å². The number of aryl methyl sites for hydroxylation is 1. The Kier molecular flexibility index (Phi) is 6.10. The number of benzene rings is 2. The second-order valence-corrected chi connectivity index (χ2v) is 9.58. The topological polar surface area (TPSA) is 55.6 Å². The molecule has 26 heavy (non-hydrogen) atoms. The first-order chi connectivity index (χ1) is 12.5. The van der Waals surface area contributed by atoms with Crippen molar-refractivity contribution in [1.29, 1.82) is 0 Å². The Balaban J connectivity index is 1.96. The lowest BCUT2D eigenvalue weighted by atomic mass is 10.2. The SMILES string of the molecule is CCOP(=O)(OCC)[C@@H]1[C@@H](c2ccccc2)N1S(=O)c1ccc(C)cc1. The zero-order valence-electron chi connectivity index (χ0n) is 15.2. The standard InChI is InChI=1S/C19H24NO4PS/c1-4-23-25(21,24-5-2)19-18(16-9-7-6-8-10-16)20(19)26(22)17-13-11-15(3)12-14-17/h6-14,18-19H,4-5H2,1-3H3/t18-,19-,20?,26?/m1/s1. The number of rotatable bonds is 8. The van der Waals surface area contributed by atoms with Crippen LogP contribution in [0.1, 0.15) is 31.0 Å². The maximum atomic E-state index is 13.3. The fraction of sp³-hybridized carbons (Fsp3) is 0.368. The normalized spacial score (nSPS) is 23.6. The van der Waals surface area contributed by atoms with E-state index in [9.17, 15) is 8.77 Å². The molecule has 2 aromatic carbocycles. The maximum absolute atomic E-state index is 13.3. The predicted molar refractivity (Wildman–Crippen MR) is 103 cm³/mol. The molecule has 0 aromatic heterocycles. The Morgan fingerprint density at radius 2 is 1.58 bits per heavy atom. The van der Waals surface area contributed by atoms with E-state index < -0.39 is 24.4 Å². The third kappa shape index (κ3) is 3.85. The van der Waals surface area contributed by atoms with Gasteiger partial charge in [0, 0.05) is 0 Å². The van der Waals surface area contributed by atoms with Gasteiger partial charge in [0.1, 0.15) is 16.8 Å². The van der Waals surface area contributed by atoms with Crippen LogP contribution in [0.4, 0.5) is 0 Å². The van der Waals surface area contributed by atoms with Crippen LogP contribution < -0.4 is 0 Å². The molecular weight excluding hydrogens is 369 g/mol. The first-order valence-corrected chi connectivity index (χ1v) is 11.4. The number of hydrogen-bond acceptors (Lipinski definition) is 4. The average Bonchev–Trinajstić information content (AvgIpc) is 3.39. The van der Waals surface area contributed by atoms with Gasteiger partial charge in [-0.05, 0) is 38.5 Å². The van der Waals surface area contributed by atoms with Crippen LogP contribution in [0.2, 0.25) is 0 Å². The molecule has 0 amide bonds. The van der Waals surface area contributed by atoms with Crippen LogP contribution in [-0.4, -0.2) is 27.5 Å². The number of nitrogens with zero attached hydrogens (tertiary/aromatic N) is 1. The molecule has 0 N–H and O–H groups in total. The van der Waals surface area contributed by atoms with Crippen molar-refractivity contribution >= 4 is 18.6 Å². The van der Waals surface area contributed by atoms with Crippen molar-refractivity contribution in [3.63, 3.8) is 0 Å². The first-order valence-electron chi connectivity index (χ1n) is 8.72. The van der Waals surface area contributed by atoms with E-state index in [0.29, 0.717) is 4.90 Å². The minimum atomic E-state index is -3.41. The third-order valence-corrected chi connectivity index (χ3v) is 8.31. The molecule has 1 heterocycles. The monoisotopic (exact) mass is 393 g/mol. The second kappa shape index (κ2) is 8.15. The minimum absolute atomic E-state index is 0.262. The van der Waals surface area contributed by atoms with Gasteiger partial charge in [-0.15, -0.1) is 0 Å². The molecule has 0 aliphatic carbocycles. The van der Waals surface area contributed by atoms with E-state index in [1.807, 2.05) is 61.5 Å². The van der Waals surface area contributed by atoms with Crippen LogP contribution in [0.25, 0.3) is 0 Å². The third-order valence-electron chi connectivity index (χ3n) is 4.22. The van der Waals surface area contributed by atoms with E-state index in [4.69, 9.17) is 9.05 Å². The van der Waals surface area contributed by atoms with Crippen LogP contribution in [0.15, 0.2) is 59.5 Å². The van der Waals surface area contributed by atoms with Crippen LogP contribution in [0.5, 0.6) is 0 Å². The molecule has 2 aromatic rings. The summed E-state index contributed by atoms with van der Waals surface area (Å²) in [5.41, 5.74) is 2.06. The van der Waals surface area contributed by atoms with E-state index >= 15 is 0 Å². The highest BCUT2D eigenvalue weighted by molar-refractivity contribution is 7.83. The minimum Gasteiger partial charge on any atom is -0.308 e. The highest BCUT2D eigenvalue weighted by Gasteiger charge is 2.63. The fourth-order valence-electron chi connectivity index (χ4n) is 3.01. The van der Waals surface area contributed by atoms with Crippen LogP contribution >= 0.6 is 7.60 Å². The number of hydrogen-bond donors (Lipinski definition) is 0. The van der Waals surface area contributed by atoms with E-state index in [2.05, 4.69) is 0 Å². The van der Waals surface area contributed by atoms with Gasteiger partial charge in [-0.2, -0.15) is 4.31 Å². The van der Waals surface area contributed by atoms with Gasteiger partial charge < -0.3 is 9.05 Å². The lowest BCUT2D eigenvalue weighted by Gasteiger charge is -2.16. The van der Waals surface area contributed by atoms with Crippen molar-refractivity contribution in [3.05, 3.63) is 65.7 Å². The highest BCUT2D eigenvalue weighted by Crippen LogP contribution is 2.68. The van der Waals surface area contributed by atoms with Crippen molar-refractivity contribution in [2.45, 2.75) is 37.5 Å². The maximum Gasteiger partial charge on any atom is 0.350 e. The molecule has 140 valence electrons. The molecule has 4 atom stereocenters. The Morgan fingerprint density at radius 3 is 2.12 bits per heavy atom. The molecular formula is C19H24NO4PS. The molecule has 0 saturated carbocycles. The highest BCUT2D eigenvalue weighted by atomic mass is 32.2. The summed E-state index contributed by atoms with van der Waals surface area (Å²) in [5.74, 6) is -0.549. The van der Waals surface area contributed by atoms with Gasteiger partial charge in [-0.1, -0.05) is 48.0 Å². The summed E-state index contributed by atoms with van der Waals surface area (Å²) in [6, 6.07) is 16.9. The zero-order chi connectivity index (χ0) is 18.7. The van der Waals surface area contributed by atoms with E-state index in [1.54, 1.807) is 18.2 Å². The lowest BCUT2D eigenvalue weighted by Crippen LogP contribution is -2.10. The molecule has 5 nitrogen and oxygen atoms in total. The second-order valence-electron chi connectivity index (χ2n) is 6.07. The molecule has 0 radical (unpaired) electrons. The molecule has 0 spiro atoms. The van der Waals surface area contributed by atoms with Gasteiger partial charge in [0.25, 0.3) is 0 Å². The Labute approximate surface area is 157 Å². The van der Waals surface area contributed by atoms with Crippen molar-refractivity contribution < 1.29 is 17.8 Å². The Bertz CT molecular complexity index is 802. The van der Waals surface area contributed by atoms with Crippen molar-refractivity contribution in [3.8, 4) is 0 Å². The van der Waals surface area contributed by atoms with Gasteiger partial charge in [-0.25, -0.2) is 4.21 Å². The molecule has 2 unspecified atom stereocenters. The quantitative estimate of drug-likeness (QED) is 0.483. The molecule has 0 bridgehead atoms. The van der Waals surface area contributed by atoms with Gasteiger partial charge in [-0.3, -0.25) is 4.57 Å².